The van der Waals surface area contributed by atoms with Crippen molar-refractivity contribution in [3.8, 4) is 0 Å². The number of nitrogens with one attached hydrogen (secondary N) is 1. The van der Waals surface area contributed by atoms with Gasteiger partial charge >= 0.3 is 0 Å². The number of rotatable bonds is 0. The Hall–Kier alpha value is -0.860. The Morgan fingerprint density at radius 3 is 2.81 bits per heavy atom. The minimum absolute atomic E-state index is 0.255. The van der Waals surface area contributed by atoms with E-state index in [0.29, 0.717) is 5.41 Å². The summed E-state index contributed by atoms with van der Waals surface area (Å²) in [4.78, 5) is 0. The Labute approximate surface area is 97.2 Å². The summed E-state index contributed by atoms with van der Waals surface area (Å²) < 4.78 is 0. The fraction of sp³-hybridized carbons (Fsp3) is 0.571. The molecule has 1 spiro atoms. The lowest BCUT2D eigenvalue weighted by molar-refractivity contribution is 0.174. The van der Waals surface area contributed by atoms with E-state index in [2.05, 4.69) is 30.4 Å². The Kier molecular flexibility index (Phi) is 2.30. The summed E-state index contributed by atoms with van der Waals surface area (Å²) in [5.41, 5.74) is 11.1. The third-order valence-electron chi connectivity index (χ3n) is 4.44. The fourth-order valence-electron chi connectivity index (χ4n) is 3.42. The lowest BCUT2D eigenvalue weighted by Crippen LogP contribution is -2.41. The van der Waals surface area contributed by atoms with Crippen LogP contribution in [0.1, 0.15) is 35.6 Å². The molecule has 1 fully saturated rings. The first-order valence-corrected chi connectivity index (χ1v) is 6.27. The molecule has 1 aliphatic heterocycles. The van der Waals surface area contributed by atoms with Gasteiger partial charge in [-0.2, -0.15) is 0 Å². The number of fused-ring (bicyclic) bond motifs is 1. The molecular formula is C14H20N2. The van der Waals surface area contributed by atoms with Gasteiger partial charge in [0.1, 0.15) is 0 Å². The first-order chi connectivity index (χ1) is 7.71. The molecule has 86 valence electrons. The van der Waals surface area contributed by atoms with Crippen LogP contribution in [-0.2, 0) is 6.42 Å². The lowest BCUT2D eigenvalue weighted by atomic mass is 9.73. The Morgan fingerprint density at radius 1 is 1.31 bits per heavy atom. The number of piperidine rings is 1. The quantitative estimate of drug-likeness (QED) is 0.695. The van der Waals surface area contributed by atoms with E-state index < -0.39 is 0 Å². The minimum atomic E-state index is 0.255. The second-order valence-corrected chi connectivity index (χ2v) is 5.47. The highest BCUT2D eigenvalue weighted by Gasteiger charge is 2.44. The Bertz CT molecular complexity index is 405. The summed E-state index contributed by atoms with van der Waals surface area (Å²) in [6, 6.07) is 7.02. The SMILES string of the molecule is Cc1ccc2c(c1)CC1(CCNCC1)C2N. The van der Waals surface area contributed by atoms with E-state index in [0.717, 1.165) is 13.1 Å². The maximum atomic E-state index is 6.48. The summed E-state index contributed by atoms with van der Waals surface area (Å²) in [6.45, 7) is 4.42. The van der Waals surface area contributed by atoms with E-state index in [1.807, 2.05) is 0 Å². The first-order valence-electron chi connectivity index (χ1n) is 6.27. The highest BCUT2D eigenvalue weighted by atomic mass is 14.9. The predicted molar refractivity (Wildman–Crippen MR) is 66.3 cm³/mol. The molecular weight excluding hydrogens is 196 g/mol. The van der Waals surface area contributed by atoms with Crippen molar-refractivity contribution >= 4 is 0 Å². The molecule has 2 heteroatoms. The maximum absolute atomic E-state index is 6.48. The van der Waals surface area contributed by atoms with Gasteiger partial charge in [0, 0.05) is 6.04 Å². The van der Waals surface area contributed by atoms with Crippen molar-refractivity contribution in [2.45, 2.75) is 32.2 Å². The van der Waals surface area contributed by atoms with Gasteiger partial charge in [0.15, 0.2) is 0 Å². The minimum Gasteiger partial charge on any atom is -0.323 e. The molecule has 1 unspecified atom stereocenters. The molecule has 2 nitrogen and oxygen atoms in total. The Balaban J connectivity index is 1.98. The van der Waals surface area contributed by atoms with Crippen LogP contribution >= 0.6 is 0 Å². The molecule has 2 aliphatic rings. The Morgan fingerprint density at radius 2 is 2.06 bits per heavy atom. The largest absolute Gasteiger partial charge is 0.323 e. The van der Waals surface area contributed by atoms with Crippen molar-refractivity contribution in [1.82, 2.24) is 5.32 Å². The molecule has 1 aromatic carbocycles. The normalized spacial score (nSPS) is 27.0. The zero-order valence-electron chi connectivity index (χ0n) is 9.92. The summed E-state index contributed by atoms with van der Waals surface area (Å²) in [7, 11) is 0. The number of benzene rings is 1. The molecule has 16 heavy (non-hydrogen) atoms. The van der Waals surface area contributed by atoms with E-state index in [1.165, 1.54) is 36.0 Å². The highest BCUT2D eigenvalue weighted by molar-refractivity contribution is 5.40. The van der Waals surface area contributed by atoms with Crippen LogP contribution in [0.2, 0.25) is 0 Å². The molecule has 0 radical (unpaired) electrons. The molecule has 1 atom stereocenters. The van der Waals surface area contributed by atoms with Crippen LogP contribution in [-0.4, -0.2) is 13.1 Å². The third-order valence-corrected chi connectivity index (χ3v) is 4.44. The molecule has 0 amide bonds. The topological polar surface area (TPSA) is 38.0 Å². The molecule has 1 aliphatic carbocycles. The van der Waals surface area contributed by atoms with Crippen LogP contribution in [0.15, 0.2) is 18.2 Å². The molecule has 3 rings (SSSR count). The van der Waals surface area contributed by atoms with Crippen molar-refractivity contribution in [3.05, 3.63) is 34.9 Å². The van der Waals surface area contributed by atoms with Crippen LogP contribution in [0.5, 0.6) is 0 Å². The standard InChI is InChI=1S/C14H20N2/c1-10-2-3-12-11(8-10)9-14(13(12)15)4-6-16-7-5-14/h2-3,8,13,16H,4-7,9,15H2,1H3. The van der Waals surface area contributed by atoms with Gasteiger partial charge in [-0.05, 0) is 55.8 Å². The van der Waals surface area contributed by atoms with Crippen molar-refractivity contribution in [2.75, 3.05) is 13.1 Å². The zero-order valence-corrected chi connectivity index (χ0v) is 9.92. The number of hydrogen-bond donors (Lipinski definition) is 2. The maximum Gasteiger partial charge on any atom is 0.0359 e. The molecule has 0 saturated carbocycles. The van der Waals surface area contributed by atoms with Gasteiger partial charge in [-0.15, -0.1) is 0 Å². The van der Waals surface area contributed by atoms with E-state index in [1.54, 1.807) is 0 Å². The number of hydrogen-bond acceptors (Lipinski definition) is 2. The molecule has 3 N–H and O–H groups in total. The highest BCUT2D eigenvalue weighted by Crippen LogP contribution is 2.49. The van der Waals surface area contributed by atoms with E-state index >= 15 is 0 Å². The number of aryl methyl sites for hydroxylation is 1. The fourth-order valence-corrected chi connectivity index (χ4v) is 3.42. The van der Waals surface area contributed by atoms with Crippen molar-refractivity contribution in [3.63, 3.8) is 0 Å². The van der Waals surface area contributed by atoms with Crippen LogP contribution in [0.4, 0.5) is 0 Å². The van der Waals surface area contributed by atoms with E-state index in [9.17, 15) is 0 Å². The lowest BCUT2D eigenvalue weighted by Gasteiger charge is -2.37. The molecule has 1 heterocycles. The zero-order chi connectivity index (χ0) is 11.2. The van der Waals surface area contributed by atoms with Crippen molar-refractivity contribution in [2.24, 2.45) is 11.1 Å². The van der Waals surface area contributed by atoms with Crippen LogP contribution in [0, 0.1) is 12.3 Å². The second kappa shape index (κ2) is 3.57. The predicted octanol–water partition coefficient (Wildman–Crippen LogP) is 1.92. The van der Waals surface area contributed by atoms with Gasteiger partial charge in [0.25, 0.3) is 0 Å². The first kappa shape index (κ1) is 10.3. The summed E-state index contributed by atoms with van der Waals surface area (Å²) in [5, 5.41) is 3.44. The van der Waals surface area contributed by atoms with E-state index in [4.69, 9.17) is 5.73 Å². The van der Waals surface area contributed by atoms with Crippen LogP contribution in [0.25, 0.3) is 0 Å². The summed E-state index contributed by atoms with van der Waals surface area (Å²) >= 11 is 0. The van der Waals surface area contributed by atoms with E-state index in [-0.39, 0.29) is 6.04 Å². The molecule has 1 aromatic rings. The van der Waals surface area contributed by atoms with Gasteiger partial charge in [0.05, 0.1) is 0 Å². The summed E-state index contributed by atoms with van der Waals surface area (Å²) in [6.07, 6.45) is 3.64. The molecule has 0 aromatic heterocycles. The van der Waals surface area contributed by atoms with Crippen molar-refractivity contribution in [1.29, 1.82) is 0 Å². The molecule has 0 bridgehead atoms. The second-order valence-electron chi connectivity index (χ2n) is 5.47. The van der Waals surface area contributed by atoms with Crippen molar-refractivity contribution < 1.29 is 0 Å². The van der Waals surface area contributed by atoms with Gasteiger partial charge in [-0.25, -0.2) is 0 Å². The average Bonchev–Trinajstić information content (AvgIpc) is 2.53. The van der Waals surface area contributed by atoms with Crippen LogP contribution in [0.3, 0.4) is 0 Å². The van der Waals surface area contributed by atoms with Gasteiger partial charge in [-0.3, -0.25) is 0 Å². The van der Waals surface area contributed by atoms with Gasteiger partial charge in [0.2, 0.25) is 0 Å². The monoisotopic (exact) mass is 216 g/mol. The smallest absolute Gasteiger partial charge is 0.0359 e. The summed E-state index contributed by atoms with van der Waals surface area (Å²) in [5.74, 6) is 0. The molecule has 1 saturated heterocycles. The number of nitrogens with two attached hydrogens (primary N) is 1. The third kappa shape index (κ3) is 1.40. The van der Waals surface area contributed by atoms with Gasteiger partial charge in [-0.1, -0.05) is 23.8 Å². The van der Waals surface area contributed by atoms with Gasteiger partial charge < -0.3 is 11.1 Å². The van der Waals surface area contributed by atoms with Crippen LogP contribution < -0.4 is 11.1 Å². The average molecular weight is 216 g/mol.